The third kappa shape index (κ3) is 4.38. The van der Waals surface area contributed by atoms with Gasteiger partial charge in [0.25, 0.3) is 0 Å². The molecule has 0 aliphatic heterocycles. The fraction of sp³-hybridized carbons (Fsp3) is 0.294. The summed E-state index contributed by atoms with van der Waals surface area (Å²) in [6, 6.07) is 12.0. The van der Waals surface area contributed by atoms with Crippen molar-refractivity contribution >= 4 is 5.91 Å². The lowest BCUT2D eigenvalue weighted by Crippen LogP contribution is -2.28. The summed E-state index contributed by atoms with van der Waals surface area (Å²) < 4.78 is 13.1. The molecule has 1 unspecified atom stereocenters. The van der Waals surface area contributed by atoms with Gasteiger partial charge in [-0.15, -0.1) is 0 Å². The van der Waals surface area contributed by atoms with Gasteiger partial charge in [0.05, 0.1) is 0 Å². The second kappa shape index (κ2) is 7.53. The van der Waals surface area contributed by atoms with Gasteiger partial charge in [-0.2, -0.15) is 0 Å². The van der Waals surface area contributed by atoms with Gasteiger partial charge in [0.2, 0.25) is 5.91 Å². The van der Waals surface area contributed by atoms with Gasteiger partial charge in [0.15, 0.2) is 0 Å². The molecule has 2 rings (SSSR count). The molecule has 1 N–H and O–H groups in total. The highest BCUT2D eigenvalue weighted by Gasteiger charge is 2.16. The molecule has 110 valence electrons. The van der Waals surface area contributed by atoms with Crippen LogP contribution in [0.3, 0.4) is 0 Å². The minimum atomic E-state index is -0.270. The maximum absolute atomic E-state index is 13.1. The van der Waals surface area contributed by atoms with E-state index in [0.29, 0.717) is 13.0 Å². The summed E-state index contributed by atoms with van der Waals surface area (Å²) in [5.41, 5.74) is 1.80. The molecule has 0 fully saturated rings. The van der Waals surface area contributed by atoms with Crippen LogP contribution in [0.15, 0.2) is 48.7 Å². The van der Waals surface area contributed by atoms with Crippen molar-refractivity contribution in [3.8, 4) is 0 Å². The van der Waals surface area contributed by atoms with Crippen LogP contribution in [-0.4, -0.2) is 17.4 Å². The number of hydrogen-bond donors (Lipinski definition) is 1. The lowest BCUT2D eigenvalue weighted by atomic mass is 9.95. The van der Waals surface area contributed by atoms with Gasteiger partial charge in [0, 0.05) is 30.8 Å². The molecule has 21 heavy (non-hydrogen) atoms. The highest BCUT2D eigenvalue weighted by Crippen LogP contribution is 2.22. The minimum Gasteiger partial charge on any atom is -0.355 e. The van der Waals surface area contributed by atoms with E-state index in [9.17, 15) is 9.18 Å². The summed E-state index contributed by atoms with van der Waals surface area (Å²) in [7, 11) is 0. The van der Waals surface area contributed by atoms with Crippen LogP contribution in [0.2, 0.25) is 0 Å². The van der Waals surface area contributed by atoms with Crippen LogP contribution in [-0.2, 0) is 4.79 Å². The lowest BCUT2D eigenvalue weighted by Gasteiger charge is -2.17. The minimum absolute atomic E-state index is 0.0283. The number of rotatable bonds is 6. The standard InChI is InChI=1S/C17H19FN2O/c1-2-5-17(21)20-12-15(16-6-3-4-11-19-16)13-7-9-14(18)10-8-13/h3-4,6-11,15H,2,5,12H2,1H3,(H,20,21). The van der Waals surface area contributed by atoms with E-state index in [1.54, 1.807) is 18.3 Å². The van der Waals surface area contributed by atoms with Gasteiger partial charge in [0.1, 0.15) is 5.82 Å². The maximum Gasteiger partial charge on any atom is 0.220 e. The van der Waals surface area contributed by atoms with E-state index in [1.807, 2.05) is 25.1 Å². The smallest absolute Gasteiger partial charge is 0.220 e. The number of pyridine rings is 1. The SMILES string of the molecule is CCCC(=O)NCC(c1ccc(F)cc1)c1ccccn1. The number of amides is 1. The van der Waals surface area contributed by atoms with E-state index in [1.165, 1.54) is 12.1 Å². The second-order valence-corrected chi connectivity index (χ2v) is 4.91. The van der Waals surface area contributed by atoms with E-state index in [-0.39, 0.29) is 17.6 Å². The van der Waals surface area contributed by atoms with Crippen molar-refractivity contribution in [1.82, 2.24) is 10.3 Å². The summed E-state index contributed by atoms with van der Waals surface area (Å²) >= 11 is 0. The second-order valence-electron chi connectivity index (χ2n) is 4.91. The Bertz CT molecular complexity index is 569. The molecule has 1 aromatic heterocycles. The summed E-state index contributed by atoms with van der Waals surface area (Å²) in [6.07, 6.45) is 3.05. The highest BCUT2D eigenvalue weighted by molar-refractivity contribution is 5.75. The monoisotopic (exact) mass is 286 g/mol. The number of carbonyl (C=O) groups is 1. The number of carbonyl (C=O) groups excluding carboxylic acids is 1. The van der Waals surface area contributed by atoms with Crippen molar-refractivity contribution in [2.24, 2.45) is 0 Å². The number of halogens is 1. The summed E-state index contributed by atoms with van der Waals surface area (Å²) in [4.78, 5) is 16.0. The van der Waals surface area contributed by atoms with Crippen LogP contribution in [0, 0.1) is 5.82 Å². The van der Waals surface area contributed by atoms with Crippen molar-refractivity contribution in [3.05, 3.63) is 65.7 Å². The first kappa shape index (κ1) is 15.2. The largest absolute Gasteiger partial charge is 0.355 e. The molecule has 1 heterocycles. The van der Waals surface area contributed by atoms with Gasteiger partial charge in [-0.25, -0.2) is 4.39 Å². The van der Waals surface area contributed by atoms with Crippen LogP contribution in [0.25, 0.3) is 0 Å². The van der Waals surface area contributed by atoms with E-state index < -0.39 is 0 Å². The Balaban J connectivity index is 2.18. The van der Waals surface area contributed by atoms with Crippen LogP contribution in [0.1, 0.15) is 36.9 Å². The molecular weight excluding hydrogens is 267 g/mol. The van der Waals surface area contributed by atoms with Crippen molar-refractivity contribution in [2.75, 3.05) is 6.54 Å². The molecule has 0 aliphatic carbocycles. The quantitative estimate of drug-likeness (QED) is 0.885. The molecule has 2 aromatic rings. The number of hydrogen-bond acceptors (Lipinski definition) is 2. The van der Waals surface area contributed by atoms with Crippen LogP contribution < -0.4 is 5.32 Å². The van der Waals surface area contributed by atoms with E-state index in [0.717, 1.165) is 17.7 Å². The first-order valence-corrected chi connectivity index (χ1v) is 7.13. The molecule has 0 spiro atoms. The predicted octanol–water partition coefficient (Wildman–Crippen LogP) is 3.27. The van der Waals surface area contributed by atoms with Crippen LogP contribution in [0.5, 0.6) is 0 Å². The molecule has 1 amide bonds. The Morgan fingerprint density at radius 3 is 2.62 bits per heavy atom. The summed E-state index contributed by atoms with van der Waals surface area (Å²) in [6.45, 7) is 2.43. The normalized spacial score (nSPS) is 11.9. The lowest BCUT2D eigenvalue weighted by molar-refractivity contribution is -0.121. The third-order valence-electron chi connectivity index (χ3n) is 3.30. The Labute approximate surface area is 124 Å². The molecule has 1 atom stereocenters. The first-order valence-electron chi connectivity index (χ1n) is 7.13. The molecule has 4 heteroatoms. The summed E-state index contributed by atoms with van der Waals surface area (Å²) in [5, 5.41) is 2.92. The Morgan fingerprint density at radius 1 is 1.24 bits per heavy atom. The van der Waals surface area contributed by atoms with Gasteiger partial charge in [-0.05, 0) is 36.2 Å². The average molecular weight is 286 g/mol. The third-order valence-corrected chi connectivity index (χ3v) is 3.30. The van der Waals surface area contributed by atoms with Crippen LogP contribution in [0.4, 0.5) is 4.39 Å². The molecule has 0 aliphatic rings. The zero-order valence-electron chi connectivity index (χ0n) is 12.1. The molecule has 0 saturated heterocycles. The predicted molar refractivity (Wildman–Crippen MR) is 80.4 cm³/mol. The topological polar surface area (TPSA) is 42.0 Å². The maximum atomic E-state index is 13.1. The number of nitrogens with zero attached hydrogens (tertiary/aromatic N) is 1. The van der Waals surface area contributed by atoms with Crippen molar-refractivity contribution in [2.45, 2.75) is 25.7 Å². The Hall–Kier alpha value is -2.23. The molecule has 0 radical (unpaired) electrons. The molecule has 3 nitrogen and oxygen atoms in total. The Kier molecular flexibility index (Phi) is 5.43. The van der Waals surface area contributed by atoms with E-state index in [4.69, 9.17) is 0 Å². The van der Waals surface area contributed by atoms with Gasteiger partial charge in [-0.1, -0.05) is 25.1 Å². The van der Waals surface area contributed by atoms with Gasteiger partial charge >= 0.3 is 0 Å². The van der Waals surface area contributed by atoms with Gasteiger partial charge < -0.3 is 5.32 Å². The molecule has 0 bridgehead atoms. The highest BCUT2D eigenvalue weighted by atomic mass is 19.1. The Morgan fingerprint density at radius 2 is 2.00 bits per heavy atom. The van der Waals surface area contributed by atoms with Crippen molar-refractivity contribution < 1.29 is 9.18 Å². The van der Waals surface area contributed by atoms with Crippen molar-refractivity contribution in [3.63, 3.8) is 0 Å². The zero-order valence-corrected chi connectivity index (χ0v) is 12.1. The average Bonchev–Trinajstić information content (AvgIpc) is 2.50. The number of aromatic nitrogens is 1. The fourth-order valence-electron chi connectivity index (χ4n) is 2.20. The van der Waals surface area contributed by atoms with E-state index >= 15 is 0 Å². The fourth-order valence-corrected chi connectivity index (χ4v) is 2.20. The number of benzene rings is 1. The molecule has 0 saturated carbocycles. The molecule has 1 aromatic carbocycles. The number of nitrogens with one attached hydrogen (secondary N) is 1. The van der Waals surface area contributed by atoms with Crippen LogP contribution >= 0.6 is 0 Å². The van der Waals surface area contributed by atoms with Crippen molar-refractivity contribution in [1.29, 1.82) is 0 Å². The zero-order chi connectivity index (χ0) is 15.1. The van der Waals surface area contributed by atoms with Gasteiger partial charge in [-0.3, -0.25) is 9.78 Å². The van der Waals surface area contributed by atoms with E-state index in [2.05, 4.69) is 10.3 Å². The molecular formula is C17H19FN2O. The summed E-state index contributed by atoms with van der Waals surface area (Å²) in [5.74, 6) is -0.318. The first-order chi connectivity index (χ1) is 10.2.